The Kier molecular flexibility index (Phi) is 5.81. The summed E-state index contributed by atoms with van der Waals surface area (Å²) in [5.41, 5.74) is 2.33. The van der Waals surface area contributed by atoms with E-state index in [4.69, 9.17) is 4.74 Å². The molecule has 0 aliphatic rings. The van der Waals surface area contributed by atoms with Crippen LogP contribution in [0.2, 0.25) is 0 Å². The van der Waals surface area contributed by atoms with E-state index in [1.807, 2.05) is 20.9 Å². The van der Waals surface area contributed by atoms with Crippen LogP contribution < -0.4 is 5.32 Å². The van der Waals surface area contributed by atoms with Crippen molar-refractivity contribution < 1.29 is 9.53 Å². The smallest absolute Gasteiger partial charge is 0.255 e. The zero-order chi connectivity index (χ0) is 13.7. The van der Waals surface area contributed by atoms with E-state index in [0.29, 0.717) is 18.7 Å². The van der Waals surface area contributed by atoms with Gasteiger partial charge < -0.3 is 10.1 Å². The average molecular weight is 318 g/mol. The molecule has 5 nitrogen and oxygen atoms in total. The number of aromatic nitrogens is 2. The summed E-state index contributed by atoms with van der Waals surface area (Å²) in [6.07, 6.45) is 0.831. The molecule has 1 unspecified atom stereocenters. The Balaban J connectivity index is 2.51. The van der Waals surface area contributed by atoms with E-state index >= 15 is 0 Å². The number of carbonyl (C=O) groups excluding carboxylic acids is 1. The lowest BCUT2D eigenvalue weighted by atomic mass is 10.2. The number of rotatable bonds is 6. The molecule has 0 aromatic carbocycles. The fourth-order valence-corrected chi connectivity index (χ4v) is 2.29. The van der Waals surface area contributed by atoms with Crippen LogP contribution in [0.3, 0.4) is 0 Å². The van der Waals surface area contributed by atoms with Crippen molar-refractivity contribution in [3.8, 4) is 0 Å². The second kappa shape index (κ2) is 6.89. The first kappa shape index (κ1) is 15.2. The molecule has 0 saturated carbocycles. The maximum Gasteiger partial charge on any atom is 0.255 e. The number of aryl methyl sites for hydroxylation is 2. The van der Waals surface area contributed by atoms with Crippen LogP contribution in [0.25, 0.3) is 0 Å². The van der Waals surface area contributed by atoms with Crippen LogP contribution in [0.1, 0.15) is 28.2 Å². The molecule has 6 heteroatoms. The van der Waals surface area contributed by atoms with Crippen LogP contribution in [0.4, 0.5) is 0 Å². The van der Waals surface area contributed by atoms with Crippen LogP contribution in [0.15, 0.2) is 0 Å². The minimum absolute atomic E-state index is 0.0600. The van der Waals surface area contributed by atoms with Crippen LogP contribution in [0.5, 0.6) is 0 Å². The van der Waals surface area contributed by atoms with Crippen molar-refractivity contribution >= 4 is 21.8 Å². The number of ether oxygens (including phenoxy) is 1. The fraction of sp³-hybridized carbons (Fsp3) is 0.667. The first-order valence-corrected chi connectivity index (χ1v) is 6.80. The summed E-state index contributed by atoms with van der Waals surface area (Å²) in [5.74, 6) is -0.0600. The number of amides is 1. The molecule has 1 aromatic rings. The Morgan fingerprint density at radius 2 is 2.22 bits per heavy atom. The molecule has 1 heterocycles. The Labute approximate surface area is 116 Å². The van der Waals surface area contributed by atoms with E-state index in [-0.39, 0.29) is 10.7 Å². The van der Waals surface area contributed by atoms with Gasteiger partial charge in [0.25, 0.3) is 5.91 Å². The predicted molar refractivity (Wildman–Crippen MR) is 74.2 cm³/mol. The predicted octanol–water partition coefficient (Wildman–Crippen LogP) is 1.57. The minimum Gasteiger partial charge on any atom is -0.384 e. The molecular weight excluding hydrogens is 298 g/mol. The Bertz CT molecular complexity index is 418. The Hall–Kier alpha value is -0.880. The molecule has 0 spiro atoms. The van der Waals surface area contributed by atoms with Crippen molar-refractivity contribution in [2.45, 2.75) is 25.1 Å². The largest absolute Gasteiger partial charge is 0.384 e. The number of hydrogen-bond acceptors (Lipinski definition) is 3. The summed E-state index contributed by atoms with van der Waals surface area (Å²) in [6.45, 7) is 5.00. The van der Waals surface area contributed by atoms with E-state index in [1.54, 1.807) is 11.8 Å². The zero-order valence-electron chi connectivity index (χ0n) is 11.3. The van der Waals surface area contributed by atoms with E-state index in [0.717, 1.165) is 17.8 Å². The summed E-state index contributed by atoms with van der Waals surface area (Å²) in [4.78, 5) is 12.3. The van der Waals surface area contributed by atoms with Gasteiger partial charge in [0.05, 0.1) is 17.9 Å². The van der Waals surface area contributed by atoms with Gasteiger partial charge in [-0.05, 0) is 20.3 Å². The minimum atomic E-state index is -0.0600. The fourth-order valence-electron chi connectivity index (χ4n) is 1.80. The van der Waals surface area contributed by atoms with E-state index in [9.17, 15) is 4.79 Å². The highest BCUT2D eigenvalue weighted by molar-refractivity contribution is 9.09. The van der Waals surface area contributed by atoms with E-state index < -0.39 is 0 Å². The molecular formula is C12H20BrN3O2. The lowest BCUT2D eigenvalue weighted by Crippen LogP contribution is -2.27. The number of nitrogens with zero attached hydrogens (tertiary/aromatic N) is 2. The first-order valence-electron chi connectivity index (χ1n) is 5.88. The monoisotopic (exact) mass is 317 g/mol. The third-order valence-electron chi connectivity index (χ3n) is 2.83. The van der Waals surface area contributed by atoms with Crippen molar-refractivity contribution in [3.63, 3.8) is 0 Å². The number of alkyl halides is 1. The van der Waals surface area contributed by atoms with Gasteiger partial charge in [0.15, 0.2) is 0 Å². The summed E-state index contributed by atoms with van der Waals surface area (Å²) >= 11 is 3.48. The van der Waals surface area contributed by atoms with Crippen LogP contribution in [-0.4, -0.2) is 40.8 Å². The van der Waals surface area contributed by atoms with Gasteiger partial charge in [-0.2, -0.15) is 5.10 Å². The van der Waals surface area contributed by atoms with Gasteiger partial charge >= 0.3 is 0 Å². The van der Waals surface area contributed by atoms with Crippen molar-refractivity contribution in [3.05, 3.63) is 17.0 Å². The topological polar surface area (TPSA) is 56.1 Å². The second-order valence-corrected chi connectivity index (χ2v) is 5.56. The van der Waals surface area contributed by atoms with Gasteiger partial charge in [0, 0.05) is 31.2 Å². The molecule has 0 bridgehead atoms. The van der Waals surface area contributed by atoms with Crippen LogP contribution >= 0.6 is 15.9 Å². The summed E-state index contributed by atoms with van der Waals surface area (Å²) in [6, 6.07) is 0. The highest BCUT2D eigenvalue weighted by atomic mass is 79.9. The molecule has 1 amide bonds. The lowest BCUT2D eigenvalue weighted by molar-refractivity contribution is 0.0950. The van der Waals surface area contributed by atoms with Crippen molar-refractivity contribution in [2.24, 2.45) is 7.05 Å². The Morgan fingerprint density at radius 1 is 1.56 bits per heavy atom. The molecule has 18 heavy (non-hydrogen) atoms. The standard InChI is InChI=1S/C12H20BrN3O2/c1-8-11(9(2)16(3)15-8)12(17)14-6-5-10(13)7-18-4/h10H,5-7H2,1-4H3,(H,14,17). The molecule has 1 atom stereocenters. The lowest BCUT2D eigenvalue weighted by Gasteiger charge is -2.09. The first-order chi connectivity index (χ1) is 8.47. The molecule has 0 saturated heterocycles. The second-order valence-electron chi connectivity index (χ2n) is 4.27. The Morgan fingerprint density at radius 3 is 2.72 bits per heavy atom. The number of halogens is 1. The molecule has 0 fully saturated rings. The molecule has 0 radical (unpaired) electrons. The van der Waals surface area contributed by atoms with Crippen molar-refractivity contribution in [1.82, 2.24) is 15.1 Å². The number of hydrogen-bond donors (Lipinski definition) is 1. The summed E-state index contributed by atoms with van der Waals surface area (Å²) < 4.78 is 6.74. The van der Waals surface area contributed by atoms with Gasteiger partial charge in [-0.25, -0.2) is 0 Å². The van der Waals surface area contributed by atoms with Crippen LogP contribution in [-0.2, 0) is 11.8 Å². The SMILES string of the molecule is COCC(Br)CCNC(=O)c1c(C)nn(C)c1C. The normalized spacial score (nSPS) is 12.5. The van der Waals surface area contributed by atoms with Gasteiger partial charge in [-0.3, -0.25) is 9.48 Å². The summed E-state index contributed by atoms with van der Waals surface area (Å²) in [5, 5.41) is 7.14. The van der Waals surface area contributed by atoms with Gasteiger partial charge in [-0.1, -0.05) is 15.9 Å². The molecule has 1 rings (SSSR count). The number of carbonyl (C=O) groups is 1. The quantitative estimate of drug-likeness (QED) is 0.810. The third kappa shape index (κ3) is 3.81. The summed E-state index contributed by atoms with van der Waals surface area (Å²) in [7, 11) is 3.50. The maximum absolute atomic E-state index is 12.0. The van der Waals surface area contributed by atoms with E-state index in [1.165, 1.54) is 0 Å². The molecule has 1 aromatic heterocycles. The highest BCUT2D eigenvalue weighted by Crippen LogP contribution is 2.11. The number of nitrogens with one attached hydrogen (secondary N) is 1. The molecule has 1 N–H and O–H groups in total. The molecule has 102 valence electrons. The van der Waals surface area contributed by atoms with Gasteiger partial charge in [0.1, 0.15) is 0 Å². The van der Waals surface area contributed by atoms with Gasteiger partial charge in [0.2, 0.25) is 0 Å². The zero-order valence-corrected chi connectivity index (χ0v) is 12.9. The maximum atomic E-state index is 12.0. The third-order valence-corrected chi connectivity index (χ3v) is 3.55. The number of methoxy groups -OCH3 is 1. The molecule has 0 aliphatic heterocycles. The van der Waals surface area contributed by atoms with Crippen molar-refractivity contribution in [1.29, 1.82) is 0 Å². The average Bonchev–Trinajstić information content (AvgIpc) is 2.53. The highest BCUT2D eigenvalue weighted by Gasteiger charge is 2.16. The van der Waals surface area contributed by atoms with Gasteiger partial charge in [-0.15, -0.1) is 0 Å². The van der Waals surface area contributed by atoms with Crippen molar-refractivity contribution in [2.75, 3.05) is 20.3 Å². The van der Waals surface area contributed by atoms with Crippen LogP contribution in [0, 0.1) is 13.8 Å². The molecule has 0 aliphatic carbocycles. The van der Waals surface area contributed by atoms with E-state index in [2.05, 4.69) is 26.3 Å².